The van der Waals surface area contributed by atoms with Gasteiger partial charge in [0, 0.05) is 37.9 Å². The fourth-order valence-electron chi connectivity index (χ4n) is 2.64. The maximum absolute atomic E-state index is 12.1. The monoisotopic (exact) mass is 518 g/mol. The van der Waals surface area contributed by atoms with Crippen molar-refractivity contribution < 1.29 is 4.79 Å². The second kappa shape index (κ2) is 11.9. The summed E-state index contributed by atoms with van der Waals surface area (Å²) in [6.45, 7) is 8.34. The molecule has 0 unspecified atom stereocenters. The van der Waals surface area contributed by atoms with E-state index in [1.807, 2.05) is 32.5 Å². The van der Waals surface area contributed by atoms with Gasteiger partial charge in [-0.15, -0.1) is 24.0 Å². The molecule has 28 heavy (non-hydrogen) atoms. The summed E-state index contributed by atoms with van der Waals surface area (Å²) in [6, 6.07) is 6.99. The van der Waals surface area contributed by atoms with Crippen molar-refractivity contribution in [3.05, 3.63) is 51.8 Å². The molecule has 7 nitrogen and oxygen atoms in total. The van der Waals surface area contributed by atoms with Gasteiger partial charge in [0.05, 0.1) is 22.8 Å². The van der Waals surface area contributed by atoms with E-state index in [2.05, 4.69) is 26.0 Å². The van der Waals surface area contributed by atoms with Crippen LogP contribution in [0, 0.1) is 13.8 Å². The molecule has 1 amide bonds. The van der Waals surface area contributed by atoms with Crippen LogP contribution in [0.1, 0.15) is 34.2 Å². The Morgan fingerprint density at radius 3 is 2.46 bits per heavy atom. The molecule has 3 N–H and O–H groups in total. The summed E-state index contributed by atoms with van der Waals surface area (Å²) >= 11 is 6.04. The predicted molar refractivity (Wildman–Crippen MR) is 125 cm³/mol. The van der Waals surface area contributed by atoms with Gasteiger partial charge in [-0.25, -0.2) is 4.99 Å². The summed E-state index contributed by atoms with van der Waals surface area (Å²) < 4.78 is 1.87. The van der Waals surface area contributed by atoms with Gasteiger partial charge in [-0.1, -0.05) is 23.7 Å². The number of carbonyl (C=O) groups is 1. The van der Waals surface area contributed by atoms with Crippen LogP contribution in [0.15, 0.2) is 29.3 Å². The molecular weight excluding hydrogens is 491 g/mol. The van der Waals surface area contributed by atoms with Crippen molar-refractivity contribution >= 4 is 47.4 Å². The van der Waals surface area contributed by atoms with Crippen molar-refractivity contribution in [2.45, 2.75) is 27.3 Å². The molecule has 154 valence electrons. The Morgan fingerprint density at radius 1 is 1.18 bits per heavy atom. The lowest BCUT2D eigenvalue weighted by Gasteiger charge is -2.12. The predicted octanol–water partition coefficient (Wildman–Crippen LogP) is 2.79. The lowest BCUT2D eigenvalue weighted by atomic mass is 10.2. The first-order chi connectivity index (χ1) is 12.9. The van der Waals surface area contributed by atoms with Crippen molar-refractivity contribution in [2.24, 2.45) is 12.0 Å². The third-order valence-electron chi connectivity index (χ3n) is 4.22. The summed E-state index contributed by atoms with van der Waals surface area (Å²) in [5.41, 5.74) is 3.70. The smallest absolute Gasteiger partial charge is 0.252 e. The van der Waals surface area contributed by atoms with E-state index in [0.29, 0.717) is 36.2 Å². The molecule has 0 saturated heterocycles. The van der Waals surface area contributed by atoms with E-state index in [1.165, 1.54) is 0 Å². The minimum atomic E-state index is -0.189. The van der Waals surface area contributed by atoms with Crippen LogP contribution in [0.4, 0.5) is 0 Å². The number of nitrogens with zero attached hydrogens (tertiary/aromatic N) is 3. The number of nitrogens with one attached hydrogen (secondary N) is 3. The molecule has 1 aromatic heterocycles. The lowest BCUT2D eigenvalue weighted by molar-refractivity contribution is 0.0954. The summed E-state index contributed by atoms with van der Waals surface area (Å²) in [4.78, 5) is 16.8. The molecule has 0 saturated carbocycles. The van der Waals surface area contributed by atoms with E-state index in [4.69, 9.17) is 11.6 Å². The number of guanidine groups is 1. The fourth-order valence-corrected chi connectivity index (χ4v) is 2.87. The first kappa shape index (κ1) is 24.2. The molecule has 2 aromatic rings. The van der Waals surface area contributed by atoms with Gasteiger partial charge in [0.25, 0.3) is 5.91 Å². The average Bonchev–Trinajstić information content (AvgIpc) is 2.88. The van der Waals surface area contributed by atoms with Crippen molar-refractivity contribution in [3.8, 4) is 0 Å². The zero-order chi connectivity index (χ0) is 19.8. The van der Waals surface area contributed by atoms with Gasteiger partial charge in [0.2, 0.25) is 0 Å². The first-order valence-electron chi connectivity index (χ1n) is 8.98. The number of aromatic nitrogens is 2. The molecule has 0 spiro atoms. The van der Waals surface area contributed by atoms with Crippen LogP contribution in [0.2, 0.25) is 5.02 Å². The topological polar surface area (TPSA) is 83.3 Å². The van der Waals surface area contributed by atoms with Gasteiger partial charge in [-0.2, -0.15) is 5.10 Å². The number of aliphatic imine (C=N–C) groups is 1. The molecule has 9 heteroatoms. The van der Waals surface area contributed by atoms with Crippen LogP contribution in [-0.2, 0) is 13.6 Å². The highest BCUT2D eigenvalue weighted by Gasteiger charge is 2.10. The molecule has 0 radical (unpaired) electrons. The maximum atomic E-state index is 12.1. The van der Waals surface area contributed by atoms with Crippen LogP contribution in [0.5, 0.6) is 0 Å². The molecule has 0 atom stereocenters. The highest BCUT2D eigenvalue weighted by molar-refractivity contribution is 14.0. The maximum Gasteiger partial charge on any atom is 0.252 e. The molecule has 1 aromatic carbocycles. The Hall–Kier alpha value is -1.81. The highest BCUT2D eigenvalue weighted by Crippen LogP contribution is 2.14. The van der Waals surface area contributed by atoms with E-state index >= 15 is 0 Å². The van der Waals surface area contributed by atoms with E-state index in [0.717, 1.165) is 23.5 Å². The van der Waals surface area contributed by atoms with Crippen molar-refractivity contribution in [1.29, 1.82) is 0 Å². The van der Waals surface area contributed by atoms with Crippen molar-refractivity contribution in [3.63, 3.8) is 0 Å². The molecule has 2 rings (SSSR count). The van der Waals surface area contributed by atoms with Gasteiger partial charge < -0.3 is 16.0 Å². The summed E-state index contributed by atoms with van der Waals surface area (Å²) in [5, 5.41) is 14.1. The third-order valence-corrected chi connectivity index (χ3v) is 4.55. The Balaban J connectivity index is 0.00000392. The molecule has 1 heterocycles. The highest BCUT2D eigenvalue weighted by atomic mass is 127. The number of halogens is 2. The van der Waals surface area contributed by atoms with Gasteiger partial charge >= 0.3 is 0 Å². The van der Waals surface area contributed by atoms with Crippen LogP contribution < -0.4 is 16.0 Å². The van der Waals surface area contributed by atoms with E-state index < -0.39 is 0 Å². The number of aryl methyl sites for hydroxylation is 2. The Kier molecular flexibility index (Phi) is 10.3. The molecule has 0 aliphatic rings. The number of carbonyl (C=O) groups excluding carboxylic acids is 1. The fraction of sp³-hybridized carbons (Fsp3) is 0.421. The van der Waals surface area contributed by atoms with Crippen LogP contribution >= 0.6 is 35.6 Å². The zero-order valence-electron chi connectivity index (χ0n) is 16.7. The minimum absolute atomic E-state index is 0. The molecule has 0 bridgehead atoms. The molecular formula is C19H28ClIN6O. The van der Waals surface area contributed by atoms with Crippen molar-refractivity contribution in [2.75, 3.05) is 19.6 Å². The summed E-state index contributed by atoms with van der Waals surface area (Å²) in [7, 11) is 1.93. The largest absolute Gasteiger partial charge is 0.357 e. The van der Waals surface area contributed by atoms with E-state index in [1.54, 1.807) is 24.3 Å². The lowest BCUT2D eigenvalue weighted by Crippen LogP contribution is -2.41. The van der Waals surface area contributed by atoms with Gasteiger partial charge in [0.15, 0.2) is 5.96 Å². The third kappa shape index (κ3) is 6.66. The number of benzene rings is 1. The number of hydrogen-bond acceptors (Lipinski definition) is 3. The average molecular weight is 519 g/mol. The zero-order valence-corrected chi connectivity index (χ0v) is 19.8. The van der Waals surface area contributed by atoms with Crippen LogP contribution in [-0.4, -0.2) is 41.3 Å². The van der Waals surface area contributed by atoms with Gasteiger partial charge in [-0.3, -0.25) is 9.48 Å². The Labute approximate surface area is 188 Å². The van der Waals surface area contributed by atoms with Gasteiger partial charge in [0.1, 0.15) is 0 Å². The van der Waals surface area contributed by atoms with Crippen LogP contribution in [0.3, 0.4) is 0 Å². The number of amides is 1. The standard InChI is InChI=1S/C19H27ClN6O.HI/c1-5-21-19(24-12-16-13(2)25-26(4)14(16)3)23-11-10-22-18(27)15-8-6-7-9-17(15)20;/h6-9H,5,10-12H2,1-4H3,(H,22,27)(H2,21,23,24);1H. The Morgan fingerprint density at radius 2 is 1.86 bits per heavy atom. The van der Waals surface area contributed by atoms with E-state index in [9.17, 15) is 4.79 Å². The summed E-state index contributed by atoms with van der Waals surface area (Å²) in [6.07, 6.45) is 0. The number of hydrogen-bond donors (Lipinski definition) is 3. The normalized spacial score (nSPS) is 11.0. The summed E-state index contributed by atoms with van der Waals surface area (Å²) in [5.74, 6) is 0.512. The molecule has 0 fully saturated rings. The first-order valence-corrected chi connectivity index (χ1v) is 9.35. The number of rotatable bonds is 7. The molecule has 0 aliphatic carbocycles. The Bertz CT molecular complexity index is 821. The SMILES string of the molecule is CCNC(=NCc1c(C)nn(C)c1C)NCCNC(=O)c1ccccc1Cl.I. The van der Waals surface area contributed by atoms with Crippen LogP contribution in [0.25, 0.3) is 0 Å². The van der Waals surface area contributed by atoms with E-state index in [-0.39, 0.29) is 29.9 Å². The minimum Gasteiger partial charge on any atom is -0.357 e. The quantitative estimate of drug-likeness (QED) is 0.228. The second-order valence-electron chi connectivity index (χ2n) is 6.13. The van der Waals surface area contributed by atoms with Crippen molar-refractivity contribution in [1.82, 2.24) is 25.7 Å². The van der Waals surface area contributed by atoms with Gasteiger partial charge in [-0.05, 0) is 32.9 Å². The molecule has 0 aliphatic heterocycles. The second-order valence-corrected chi connectivity index (χ2v) is 6.54.